The molecule has 5 rings (SSSR count). The van der Waals surface area contributed by atoms with Gasteiger partial charge in [0.1, 0.15) is 5.52 Å². The fourth-order valence-electron chi connectivity index (χ4n) is 3.20. The zero-order valence-electron chi connectivity index (χ0n) is 16.9. The fraction of sp³-hybridized carbons (Fsp3) is 0. The summed E-state index contributed by atoms with van der Waals surface area (Å²) in [4.78, 5) is 17.1. The molecule has 3 aromatic carbocycles. The van der Waals surface area contributed by atoms with Crippen LogP contribution in [-0.4, -0.2) is 19.3 Å². The highest BCUT2D eigenvalue weighted by Crippen LogP contribution is 2.27. The van der Waals surface area contributed by atoms with E-state index in [1.165, 1.54) is 24.3 Å². The molecule has 7 nitrogen and oxygen atoms in total. The summed E-state index contributed by atoms with van der Waals surface area (Å²) < 4.78 is 37.3. The maximum absolute atomic E-state index is 12.7. The van der Waals surface area contributed by atoms with Gasteiger partial charge in [0.2, 0.25) is 20.8 Å². The first-order valence-corrected chi connectivity index (χ1v) is 12.1. The Morgan fingerprint density at radius 2 is 1.58 bits per heavy atom. The van der Waals surface area contributed by atoms with Crippen molar-refractivity contribution in [2.75, 3.05) is 5.32 Å². The van der Waals surface area contributed by atoms with Crippen LogP contribution in [0, 0.1) is 0 Å². The number of carbonyl (C=O) groups is 1. The van der Waals surface area contributed by atoms with Gasteiger partial charge in [-0.1, -0.05) is 28.1 Å². The molecule has 0 aliphatic heterocycles. The Hall–Kier alpha value is -3.69. The maximum atomic E-state index is 12.7. The summed E-state index contributed by atoms with van der Waals surface area (Å²) in [6.45, 7) is 0. The predicted molar refractivity (Wildman–Crippen MR) is 126 cm³/mol. The molecule has 164 valence electrons. The molecule has 0 saturated carbocycles. The molecule has 33 heavy (non-hydrogen) atoms. The Labute approximate surface area is 197 Å². The lowest BCUT2D eigenvalue weighted by Crippen LogP contribution is -2.10. The second-order valence-electron chi connectivity index (χ2n) is 7.09. The van der Waals surface area contributed by atoms with Crippen molar-refractivity contribution in [1.82, 2.24) is 4.98 Å². The van der Waals surface area contributed by atoms with E-state index < -0.39 is 15.7 Å². The smallest absolute Gasteiger partial charge is 0.291 e. The molecule has 0 atom stereocenters. The van der Waals surface area contributed by atoms with E-state index in [0.29, 0.717) is 17.2 Å². The number of sulfone groups is 1. The van der Waals surface area contributed by atoms with E-state index in [1.807, 2.05) is 24.3 Å². The molecule has 9 heteroatoms. The average molecular weight is 523 g/mol. The average Bonchev–Trinajstić information content (AvgIpc) is 3.48. The summed E-state index contributed by atoms with van der Waals surface area (Å²) in [6, 6.07) is 23.2. The normalized spacial score (nSPS) is 11.5. The number of benzene rings is 3. The van der Waals surface area contributed by atoms with E-state index in [2.05, 4.69) is 26.2 Å². The van der Waals surface area contributed by atoms with E-state index in [1.54, 1.807) is 36.4 Å². The molecule has 1 N–H and O–H groups in total. The van der Waals surface area contributed by atoms with Crippen molar-refractivity contribution in [1.29, 1.82) is 0 Å². The van der Waals surface area contributed by atoms with Crippen molar-refractivity contribution < 1.29 is 22.0 Å². The molecule has 2 aromatic heterocycles. The van der Waals surface area contributed by atoms with Crippen molar-refractivity contribution in [3.05, 3.63) is 95.2 Å². The third-order valence-corrected chi connectivity index (χ3v) is 7.05. The van der Waals surface area contributed by atoms with Gasteiger partial charge in [0.05, 0.1) is 4.90 Å². The van der Waals surface area contributed by atoms with Crippen LogP contribution in [-0.2, 0) is 9.84 Å². The van der Waals surface area contributed by atoms with Gasteiger partial charge in [-0.05, 0) is 72.8 Å². The second kappa shape index (κ2) is 8.34. The zero-order valence-corrected chi connectivity index (χ0v) is 19.3. The van der Waals surface area contributed by atoms with Crippen LogP contribution in [0.1, 0.15) is 10.6 Å². The lowest BCUT2D eigenvalue weighted by molar-refractivity contribution is 0.0991. The molecule has 5 aromatic rings. The largest absolute Gasteiger partial charge is 0.439 e. The first-order chi connectivity index (χ1) is 15.9. The lowest BCUT2D eigenvalue weighted by Gasteiger charge is -2.04. The molecule has 2 heterocycles. The standard InChI is InChI=1S/C24H15BrN2O5S/c25-16-7-11-18(12-8-16)33(29,30)22-14-13-21(31-22)23(28)26-17-9-5-15(6-10-17)24-27-19-3-1-2-4-20(19)32-24/h1-14H,(H,26,28). The number of furan rings is 1. The van der Waals surface area contributed by atoms with Crippen molar-refractivity contribution >= 4 is 48.5 Å². The van der Waals surface area contributed by atoms with Gasteiger partial charge < -0.3 is 14.2 Å². The van der Waals surface area contributed by atoms with Crippen molar-refractivity contribution in [2.24, 2.45) is 0 Å². The summed E-state index contributed by atoms with van der Waals surface area (Å²) in [5, 5.41) is 2.39. The third-order valence-electron chi connectivity index (χ3n) is 4.88. The number of hydrogen-bond donors (Lipinski definition) is 1. The van der Waals surface area contributed by atoms with Gasteiger partial charge >= 0.3 is 0 Å². The number of rotatable bonds is 5. The number of nitrogens with zero attached hydrogens (tertiary/aromatic N) is 1. The van der Waals surface area contributed by atoms with Crippen LogP contribution in [0.25, 0.3) is 22.6 Å². The van der Waals surface area contributed by atoms with E-state index in [-0.39, 0.29) is 15.7 Å². The minimum absolute atomic E-state index is 0.0711. The van der Waals surface area contributed by atoms with Gasteiger partial charge in [-0.25, -0.2) is 13.4 Å². The number of halogens is 1. The number of hydrogen-bond acceptors (Lipinski definition) is 6. The van der Waals surface area contributed by atoms with Gasteiger partial charge in [-0.3, -0.25) is 4.79 Å². The number of para-hydroxylation sites is 2. The first kappa shape index (κ1) is 21.2. The number of nitrogens with one attached hydrogen (secondary N) is 1. The number of carbonyl (C=O) groups excluding carboxylic acids is 1. The molecule has 0 aliphatic carbocycles. The molecule has 1 amide bonds. The molecule has 0 aliphatic rings. The monoisotopic (exact) mass is 522 g/mol. The first-order valence-electron chi connectivity index (χ1n) is 9.78. The molecule has 0 fully saturated rings. The summed E-state index contributed by atoms with van der Waals surface area (Å²) in [5.41, 5.74) is 2.71. The van der Waals surface area contributed by atoms with Crippen molar-refractivity contribution in [2.45, 2.75) is 9.99 Å². The third kappa shape index (κ3) is 4.20. The number of oxazole rings is 1. The Balaban J connectivity index is 1.32. The molecule has 0 unspecified atom stereocenters. The number of amides is 1. The van der Waals surface area contributed by atoms with Gasteiger partial charge in [0, 0.05) is 15.7 Å². The Bertz CT molecular complexity index is 1540. The fourth-order valence-corrected chi connectivity index (χ4v) is 4.64. The zero-order chi connectivity index (χ0) is 23.0. The molecule has 0 bridgehead atoms. The van der Waals surface area contributed by atoms with E-state index in [0.717, 1.165) is 15.6 Å². The Kier molecular flexibility index (Phi) is 5.35. The van der Waals surface area contributed by atoms with E-state index in [4.69, 9.17) is 8.83 Å². The van der Waals surface area contributed by atoms with Gasteiger partial charge in [0.15, 0.2) is 11.3 Å². The van der Waals surface area contributed by atoms with Gasteiger partial charge in [-0.2, -0.15) is 0 Å². The summed E-state index contributed by atoms with van der Waals surface area (Å²) >= 11 is 3.27. The molecule has 0 saturated heterocycles. The molecule has 0 radical (unpaired) electrons. The van der Waals surface area contributed by atoms with Crippen molar-refractivity contribution in [3.8, 4) is 11.5 Å². The Morgan fingerprint density at radius 1 is 0.848 bits per heavy atom. The summed E-state index contributed by atoms with van der Waals surface area (Å²) in [5.74, 6) is -0.210. The highest BCUT2D eigenvalue weighted by atomic mass is 79.9. The van der Waals surface area contributed by atoms with Crippen LogP contribution in [0.15, 0.2) is 108 Å². The maximum Gasteiger partial charge on any atom is 0.291 e. The highest BCUT2D eigenvalue weighted by Gasteiger charge is 2.23. The SMILES string of the molecule is O=C(Nc1ccc(-c2nc3ccccc3o2)cc1)c1ccc(S(=O)(=O)c2ccc(Br)cc2)o1. The quantitative estimate of drug-likeness (QED) is 0.306. The van der Waals surface area contributed by atoms with Crippen molar-refractivity contribution in [3.63, 3.8) is 0 Å². The second-order valence-corrected chi connectivity index (χ2v) is 9.89. The number of aromatic nitrogens is 1. The van der Waals surface area contributed by atoms with E-state index in [9.17, 15) is 13.2 Å². The molecular formula is C24H15BrN2O5S. The van der Waals surface area contributed by atoms with E-state index >= 15 is 0 Å². The highest BCUT2D eigenvalue weighted by molar-refractivity contribution is 9.10. The van der Waals surface area contributed by atoms with Gasteiger partial charge in [0.25, 0.3) is 5.91 Å². The predicted octanol–water partition coefficient (Wildman–Crippen LogP) is 5.94. The number of fused-ring (bicyclic) bond motifs is 1. The lowest BCUT2D eigenvalue weighted by atomic mass is 10.2. The summed E-state index contributed by atoms with van der Waals surface area (Å²) in [7, 11) is -3.87. The Morgan fingerprint density at radius 3 is 2.30 bits per heavy atom. The van der Waals surface area contributed by atoms with Crippen LogP contribution >= 0.6 is 15.9 Å². The van der Waals surface area contributed by atoms with Crippen LogP contribution in [0.4, 0.5) is 5.69 Å². The summed E-state index contributed by atoms with van der Waals surface area (Å²) in [6.07, 6.45) is 0. The minimum atomic E-state index is -3.87. The van der Waals surface area contributed by atoms with Crippen LogP contribution < -0.4 is 5.32 Å². The van der Waals surface area contributed by atoms with Crippen LogP contribution in [0.3, 0.4) is 0 Å². The minimum Gasteiger partial charge on any atom is -0.439 e. The number of anilines is 1. The molecule has 0 spiro atoms. The van der Waals surface area contributed by atoms with Crippen LogP contribution in [0.2, 0.25) is 0 Å². The van der Waals surface area contributed by atoms with Crippen LogP contribution in [0.5, 0.6) is 0 Å². The van der Waals surface area contributed by atoms with Gasteiger partial charge in [-0.15, -0.1) is 0 Å². The topological polar surface area (TPSA) is 102 Å². The molecular weight excluding hydrogens is 508 g/mol.